The summed E-state index contributed by atoms with van der Waals surface area (Å²) in [6.45, 7) is 0. The first-order chi connectivity index (χ1) is 3.18. The Balaban J connectivity index is 3.58. The lowest BCUT2D eigenvalue weighted by molar-refractivity contribution is 1.89. The van der Waals surface area contributed by atoms with Crippen molar-refractivity contribution in [1.82, 2.24) is 0 Å². The molecule has 0 aliphatic heterocycles. The maximum atomic E-state index is 5.12. The highest BCUT2D eigenvalue weighted by Crippen LogP contribution is 1.96. The minimum Gasteiger partial charge on any atom is -0.388 e. The van der Waals surface area contributed by atoms with Crippen LogP contribution in [0.4, 0.5) is 0 Å². The number of thiocarbonyl (C=S) groups is 2. The molecule has 0 unspecified atom stereocenters. The van der Waals surface area contributed by atoms with Crippen molar-refractivity contribution in [3.05, 3.63) is 0 Å². The Kier molecular flexibility index (Phi) is 3.50. The van der Waals surface area contributed by atoms with Gasteiger partial charge in [-0.15, -0.1) is 11.8 Å². The molecule has 0 bridgehead atoms. The van der Waals surface area contributed by atoms with Crippen LogP contribution in [0.25, 0.3) is 0 Å². The van der Waals surface area contributed by atoms with Crippen molar-refractivity contribution in [3.8, 4) is 0 Å². The monoisotopic (exact) mass is 151 g/mol. The maximum Gasteiger partial charge on any atom is 0.121 e. The second kappa shape index (κ2) is 3.35. The van der Waals surface area contributed by atoms with E-state index in [1.165, 1.54) is 11.8 Å². The smallest absolute Gasteiger partial charge is 0.121 e. The molecule has 0 amide bonds. The van der Waals surface area contributed by atoms with Crippen LogP contribution >= 0.6 is 36.2 Å². The van der Waals surface area contributed by atoms with Crippen LogP contribution < -0.4 is 5.73 Å². The second-order valence-corrected chi connectivity index (χ2v) is 2.78. The summed E-state index contributed by atoms with van der Waals surface area (Å²) in [5.41, 5.74) is 5.12. The molecule has 2 N–H and O–H groups in total. The number of thioether (sulfide) groups is 1. The fraction of sp³-hybridized carbons (Fsp3) is 0.333. The molecule has 40 valence electrons. The zero-order chi connectivity index (χ0) is 5.86. The summed E-state index contributed by atoms with van der Waals surface area (Å²) in [6, 6.07) is 0. The molecule has 0 heterocycles. The molecule has 0 aliphatic rings. The lowest BCUT2D eigenvalue weighted by Gasteiger charge is -1.89. The van der Waals surface area contributed by atoms with Crippen molar-refractivity contribution in [2.75, 3.05) is 6.26 Å². The Labute approximate surface area is 57.6 Å². The quantitative estimate of drug-likeness (QED) is 0.522. The van der Waals surface area contributed by atoms with Gasteiger partial charge in [-0.1, -0.05) is 24.4 Å². The molecule has 0 aromatic rings. The highest BCUT2D eigenvalue weighted by atomic mass is 32.2. The van der Waals surface area contributed by atoms with E-state index in [1.54, 1.807) is 0 Å². The number of nitrogens with two attached hydrogens (primary N) is 1. The molecule has 0 aliphatic carbocycles. The predicted molar refractivity (Wildman–Crippen MR) is 42.9 cm³/mol. The van der Waals surface area contributed by atoms with E-state index in [4.69, 9.17) is 5.73 Å². The van der Waals surface area contributed by atoms with Gasteiger partial charge in [0.25, 0.3) is 0 Å². The minimum absolute atomic E-state index is 0.322. The van der Waals surface area contributed by atoms with Crippen LogP contribution in [0, 0.1) is 0 Å². The highest BCUT2D eigenvalue weighted by Gasteiger charge is 1.92. The molecule has 0 saturated carbocycles. The number of hydrogen-bond acceptors (Lipinski definition) is 3. The van der Waals surface area contributed by atoms with Gasteiger partial charge in [-0.25, -0.2) is 0 Å². The van der Waals surface area contributed by atoms with E-state index in [2.05, 4.69) is 24.4 Å². The van der Waals surface area contributed by atoms with Crippen LogP contribution in [-0.2, 0) is 0 Å². The summed E-state index contributed by atoms with van der Waals surface area (Å²) in [5.74, 6) is 0. The molecule has 0 saturated heterocycles. The molecule has 0 fully saturated rings. The van der Waals surface area contributed by atoms with Crippen LogP contribution in [0.2, 0.25) is 0 Å². The van der Waals surface area contributed by atoms with E-state index >= 15 is 0 Å². The third kappa shape index (κ3) is 2.96. The Bertz CT molecular complexity index is 98.4. The van der Waals surface area contributed by atoms with Crippen molar-refractivity contribution in [3.63, 3.8) is 0 Å². The maximum absolute atomic E-state index is 5.12. The molecule has 1 nitrogen and oxygen atoms in total. The Morgan fingerprint density at radius 3 is 2.00 bits per heavy atom. The summed E-state index contributed by atoms with van der Waals surface area (Å²) in [6.07, 6.45) is 1.85. The van der Waals surface area contributed by atoms with Gasteiger partial charge in [0.15, 0.2) is 0 Å². The molecule has 0 radical (unpaired) electrons. The van der Waals surface area contributed by atoms with Crippen LogP contribution in [-0.4, -0.2) is 15.4 Å². The normalized spacial score (nSPS) is 8.14. The van der Waals surface area contributed by atoms with Gasteiger partial charge in [-0.05, 0) is 6.26 Å². The summed E-state index contributed by atoms with van der Waals surface area (Å²) in [5, 5.41) is 0. The van der Waals surface area contributed by atoms with Gasteiger partial charge in [0, 0.05) is 0 Å². The number of rotatable bonds is 0. The summed E-state index contributed by atoms with van der Waals surface area (Å²) in [4.78, 5) is 0.322. The average molecular weight is 151 g/mol. The lowest BCUT2D eigenvalue weighted by atomic mass is 10.8. The minimum atomic E-state index is 0.322. The van der Waals surface area contributed by atoms with E-state index in [9.17, 15) is 0 Å². The molecular formula is C3H5NS3. The van der Waals surface area contributed by atoms with Crippen LogP contribution in [0.15, 0.2) is 0 Å². The average Bonchev–Trinajstić information content (AvgIpc) is 1.65. The van der Waals surface area contributed by atoms with Gasteiger partial charge in [0.05, 0.1) is 0 Å². The second-order valence-electron chi connectivity index (χ2n) is 0.856. The van der Waals surface area contributed by atoms with E-state index in [1.807, 2.05) is 6.26 Å². The molecule has 7 heavy (non-hydrogen) atoms. The Morgan fingerprint density at radius 2 is 2.00 bits per heavy atom. The molecular weight excluding hydrogens is 146 g/mol. The van der Waals surface area contributed by atoms with E-state index in [-0.39, 0.29) is 0 Å². The third-order valence-electron chi connectivity index (χ3n) is 0.387. The third-order valence-corrected chi connectivity index (χ3v) is 2.16. The first-order valence-corrected chi connectivity index (χ1v) is 3.60. The Morgan fingerprint density at radius 1 is 1.57 bits per heavy atom. The number of hydrogen-bond donors (Lipinski definition) is 1. The first kappa shape index (κ1) is 7.33. The molecule has 0 rings (SSSR count). The van der Waals surface area contributed by atoms with Gasteiger partial charge in [0.2, 0.25) is 0 Å². The predicted octanol–water partition coefficient (Wildman–Crippen LogP) is 0.963. The molecule has 0 atom stereocenters. The topological polar surface area (TPSA) is 26.0 Å². The van der Waals surface area contributed by atoms with Crippen molar-refractivity contribution in [1.29, 1.82) is 0 Å². The highest BCUT2D eigenvalue weighted by molar-refractivity contribution is 8.26. The van der Waals surface area contributed by atoms with Crippen LogP contribution in [0.5, 0.6) is 0 Å². The lowest BCUT2D eigenvalue weighted by Crippen LogP contribution is -2.14. The SMILES string of the molecule is CSC(=S)C(N)=S. The van der Waals surface area contributed by atoms with E-state index in [0.29, 0.717) is 9.19 Å². The van der Waals surface area contributed by atoms with Crippen LogP contribution in [0.1, 0.15) is 0 Å². The standard InChI is InChI=1S/C3H5NS3/c1-7-3(6)2(4)5/h1H3,(H2,4,5). The van der Waals surface area contributed by atoms with Crippen molar-refractivity contribution < 1.29 is 0 Å². The van der Waals surface area contributed by atoms with Crippen molar-refractivity contribution in [2.45, 2.75) is 0 Å². The van der Waals surface area contributed by atoms with Crippen molar-refractivity contribution >= 4 is 45.4 Å². The zero-order valence-electron chi connectivity index (χ0n) is 3.80. The van der Waals surface area contributed by atoms with Crippen molar-refractivity contribution in [2.24, 2.45) is 5.73 Å². The van der Waals surface area contributed by atoms with Gasteiger partial charge in [0.1, 0.15) is 9.19 Å². The van der Waals surface area contributed by atoms with E-state index < -0.39 is 0 Å². The van der Waals surface area contributed by atoms with Crippen LogP contribution in [0.3, 0.4) is 0 Å². The summed E-state index contributed by atoms with van der Waals surface area (Å²) < 4.78 is 0.606. The van der Waals surface area contributed by atoms with Gasteiger partial charge < -0.3 is 5.73 Å². The summed E-state index contributed by atoms with van der Waals surface area (Å²) >= 11 is 10.6. The molecule has 0 aromatic carbocycles. The summed E-state index contributed by atoms with van der Waals surface area (Å²) in [7, 11) is 0. The van der Waals surface area contributed by atoms with Gasteiger partial charge in [-0.3, -0.25) is 0 Å². The largest absolute Gasteiger partial charge is 0.388 e. The van der Waals surface area contributed by atoms with E-state index in [0.717, 1.165) is 0 Å². The zero-order valence-corrected chi connectivity index (χ0v) is 6.25. The van der Waals surface area contributed by atoms with Gasteiger partial charge >= 0.3 is 0 Å². The molecule has 4 heteroatoms. The fourth-order valence-electron chi connectivity index (χ4n) is 0.101. The first-order valence-electron chi connectivity index (χ1n) is 1.56. The molecule has 0 aromatic heterocycles. The fourth-order valence-corrected chi connectivity index (χ4v) is 0.552. The molecule has 0 spiro atoms. The van der Waals surface area contributed by atoms with Gasteiger partial charge in [-0.2, -0.15) is 0 Å². The Hall–Kier alpha value is 0.330.